The highest BCUT2D eigenvalue weighted by atomic mass is 35.5. The van der Waals surface area contributed by atoms with Crippen LogP contribution in [-0.4, -0.2) is 53.5 Å². The Morgan fingerprint density at radius 1 is 1.22 bits per heavy atom. The van der Waals surface area contributed by atoms with E-state index in [1.54, 1.807) is 16.7 Å². The van der Waals surface area contributed by atoms with Crippen molar-refractivity contribution in [2.24, 2.45) is 0 Å². The van der Waals surface area contributed by atoms with Crippen molar-refractivity contribution < 1.29 is 9.59 Å². The lowest BCUT2D eigenvalue weighted by atomic mass is 9.86. The van der Waals surface area contributed by atoms with Gasteiger partial charge >= 0.3 is 0 Å². The summed E-state index contributed by atoms with van der Waals surface area (Å²) >= 11 is 1.64. The van der Waals surface area contributed by atoms with Crippen LogP contribution in [0.25, 0.3) is 0 Å². The second kappa shape index (κ2) is 9.30. The van der Waals surface area contributed by atoms with Crippen molar-refractivity contribution in [3.63, 3.8) is 0 Å². The van der Waals surface area contributed by atoms with Gasteiger partial charge < -0.3 is 15.5 Å². The van der Waals surface area contributed by atoms with Crippen LogP contribution in [-0.2, 0) is 10.2 Å². The van der Waals surface area contributed by atoms with Gasteiger partial charge in [-0.1, -0.05) is 32.9 Å². The van der Waals surface area contributed by atoms with Crippen molar-refractivity contribution in [1.82, 2.24) is 15.5 Å². The summed E-state index contributed by atoms with van der Waals surface area (Å²) in [6.45, 7) is 8.29. The molecule has 27 heavy (non-hydrogen) atoms. The van der Waals surface area contributed by atoms with E-state index < -0.39 is 0 Å². The molecule has 7 heteroatoms. The van der Waals surface area contributed by atoms with Gasteiger partial charge in [-0.15, -0.1) is 24.2 Å². The lowest BCUT2D eigenvalue weighted by molar-refractivity contribution is -0.125. The van der Waals surface area contributed by atoms with Gasteiger partial charge in [0, 0.05) is 23.9 Å². The monoisotopic (exact) mass is 411 g/mol. The fourth-order valence-electron chi connectivity index (χ4n) is 3.41. The summed E-state index contributed by atoms with van der Waals surface area (Å²) in [7, 11) is 0. The molecular weight excluding hydrogens is 382 g/mol. The highest BCUT2D eigenvalue weighted by molar-refractivity contribution is 7.99. The zero-order chi connectivity index (χ0) is 18.7. The number of piperidine rings is 1. The normalized spacial score (nSPS) is 22.9. The topological polar surface area (TPSA) is 61.4 Å². The smallest absolute Gasteiger partial charge is 0.255 e. The summed E-state index contributed by atoms with van der Waals surface area (Å²) in [6, 6.07) is 7.58. The second-order valence-corrected chi connectivity index (χ2v) is 9.17. The predicted molar refractivity (Wildman–Crippen MR) is 114 cm³/mol. The molecule has 5 nitrogen and oxygen atoms in total. The highest BCUT2D eigenvalue weighted by Gasteiger charge is 2.36. The molecule has 2 N–H and O–H groups in total. The molecule has 0 aliphatic carbocycles. The van der Waals surface area contributed by atoms with Crippen LogP contribution in [0.3, 0.4) is 0 Å². The summed E-state index contributed by atoms with van der Waals surface area (Å²) in [5, 5.41) is 6.42. The molecule has 2 amide bonds. The summed E-state index contributed by atoms with van der Waals surface area (Å²) in [4.78, 5) is 27.3. The number of nitrogens with zero attached hydrogens (tertiary/aromatic N) is 1. The van der Waals surface area contributed by atoms with E-state index in [-0.39, 0.29) is 41.7 Å². The minimum absolute atomic E-state index is 0. The van der Waals surface area contributed by atoms with Gasteiger partial charge in [-0.05, 0) is 42.5 Å². The second-order valence-electron chi connectivity index (χ2n) is 8.17. The molecule has 0 radical (unpaired) electrons. The fraction of sp³-hybridized carbons (Fsp3) is 0.600. The quantitative estimate of drug-likeness (QED) is 0.802. The zero-order valence-electron chi connectivity index (χ0n) is 16.3. The van der Waals surface area contributed by atoms with Crippen molar-refractivity contribution in [2.45, 2.75) is 51.1 Å². The van der Waals surface area contributed by atoms with Crippen molar-refractivity contribution in [2.75, 3.05) is 24.7 Å². The Kier molecular flexibility index (Phi) is 7.60. The maximum Gasteiger partial charge on any atom is 0.255 e. The van der Waals surface area contributed by atoms with Gasteiger partial charge in [-0.2, -0.15) is 0 Å². The van der Waals surface area contributed by atoms with E-state index in [4.69, 9.17) is 0 Å². The average Bonchev–Trinajstić information content (AvgIpc) is 3.11. The first-order valence-electron chi connectivity index (χ1n) is 9.36. The van der Waals surface area contributed by atoms with Crippen molar-refractivity contribution in [1.29, 1.82) is 0 Å². The van der Waals surface area contributed by atoms with Gasteiger partial charge in [0.15, 0.2) is 0 Å². The molecule has 1 aromatic carbocycles. The molecule has 3 rings (SSSR count). The fourth-order valence-corrected chi connectivity index (χ4v) is 4.56. The molecule has 0 bridgehead atoms. The predicted octanol–water partition coefficient (Wildman–Crippen LogP) is 2.79. The van der Waals surface area contributed by atoms with E-state index in [0.29, 0.717) is 17.2 Å². The molecule has 150 valence electrons. The summed E-state index contributed by atoms with van der Waals surface area (Å²) in [5.74, 6) is 1.15. The average molecular weight is 412 g/mol. The third-order valence-corrected chi connectivity index (χ3v) is 6.10. The SMILES string of the molecule is CC(C)(C)c1ccc(C(=O)N2CSCC2C(=O)NC2CCCNC2)cc1.Cl. The Labute approximate surface area is 172 Å². The molecule has 2 atom stereocenters. The van der Waals surface area contributed by atoms with Crippen molar-refractivity contribution in [3.05, 3.63) is 35.4 Å². The molecule has 2 saturated heterocycles. The van der Waals surface area contributed by atoms with Gasteiger partial charge in [-0.25, -0.2) is 0 Å². The van der Waals surface area contributed by atoms with E-state index in [1.807, 2.05) is 24.3 Å². The van der Waals surface area contributed by atoms with Gasteiger partial charge in [0.2, 0.25) is 5.91 Å². The third kappa shape index (κ3) is 5.39. The van der Waals surface area contributed by atoms with Crippen LogP contribution in [0.5, 0.6) is 0 Å². The highest BCUT2D eigenvalue weighted by Crippen LogP contribution is 2.26. The number of thioether (sulfide) groups is 1. The number of amides is 2. The minimum atomic E-state index is -0.378. The number of carbonyl (C=O) groups excluding carboxylic acids is 2. The summed E-state index contributed by atoms with van der Waals surface area (Å²) < 4.78 is 0. The van der Waals surface area contributed by atoms with Gasteiger partial charge in [0.05, 0.1) is 5.88 Å². The number of nitrogens with one attached hydrogen (secondary N) is 2. The Hall–Kier alpha value is -1.24. The number of hydrogen-bond donors (Lipinski definition) is 2. The van der Waals surface area contributed by atoms with E-state index in [1.165, 1.54) is 5.56 Å². The molecule has 0 aromatic heterocycles. The van der Waals surface area contributed by atoms with Crippen LogP contribution in [0.1, 0.15) is 49.5 Å². The third-order valence-electron chi connectivity index (χ3n) is 5.09. The molecule has 2 fully saturated rings. The van der Waals surface area contributed by atoms with Gasteiger partial charge in [0.25, 0.3) is 5.91 Å². The molecule has 2 aliphatic heterocycles. The van der Waals surface area contributed by atoms with Crippen LogP contribution < -0.4 is 10.6 Å². The van der Waals surface area contributed by atoms with E-state index in [9.17, 15) is 9.59 Å². The van der Waals surface area contributed by atoms with Crippen LogP contribution in [0.4, 0.5) is 0 Å². The Bertz CT molecular complexity index is 654. The number of hydrogen-bond acceptors (Lipinski definition) is 4. The Morgan fingerprint density at radius 3 is 2.52 bits per heavy atom. The molecule has 0 saturated carbocycles. The number of carbonyl (C=O) groups is 2. The van der Waals surface area contributed by atoms with Crippen LogP contribution in [0.2, 0.25) is 0 Å². The summed E-state index contributed by atoms with van der Waals surface area (Å²) in [5.41, 5.74) is 1.91. The zero-order valence-corrected chi connectivity index (χ0v) is 17.9. The maximum atomic E-state index is 12.9. The molecular formula is C20H30ClN3O2S. The van der Waals surface area contributed by atoms with Crippen molar-refractivity contribution in [3.8, 4) is 0 Å². The lowest BCUT2D eigenvalue weighted by Crippen LogP contribution is -2.53. The number of halogens is 1. The number of benzene rings is 1. The summed E-state index contributed by atoms with van der Waals surface area (Å²) in [6.07, 6.45) is 2.08. The van der Waals surface area contributed by atoms with Gasteiger partial charge in [0.1, 0.15) is 6.04 Å². The van der Waals surface area contributed by atoms with E-state index in [2.05, 4.69) is 31.4 Å². The Morgan fingerprint density at radius 2 is 1.93 bits per heavy atom. The van der Waals surface area contributed by atoms with Crippen molar-refractivity contribution >= 4 is 36.0 Å². The van der Waals surface area contributed by atoms with E-state index in [0.717, 1.165) is 25.9 Å². The van der Waals surface area contributed by atoms with Gasteiger partial charge in [-0.3, -0.25) is 9.59 Å². The van der Waals surface area contributed by atoms with Crippen LogP contribution in [0, 0.1) is 0 Å². The first-order chi connectivity index (χ1) is 12.4. The van der Waals surface area contributed by atoms with Crippen LogP contribution in [0.15, 0.2) is 24.3 Å². The molecule has 1 aromatic rings. The Balaban J connectivity index is 0.00000261. The molecule has 2 unspecified atom stereocenters. The maximum absolute atomic E-state index is 12.9. The molecule has 0 spiro atoms. The first-order valence-corrected chi connectivity index (χ1v) is 10.5. The van der Waals surface area contributed by atoms with Crippen LogP contribution >= 0.6 is 24.2 Å². The lowest BCUT2D eigenvalue weighted by Gasteiger charge is -2.28. The molecule has 2 heterocycles. The largest absolute Gasteiger partial charge is 0.350 e. The van der Waals surface area contributed by atoms with E-state index >= 15 is 0 Å². The standard InChI is InChI=1S/C20H29N3O2S.ClH/c1-20(2,3)15-8-6-14(7-9-15)19(25)23-13-26-12-17(23)18(24)22-16-5-4-10-21-11-16;/h6-9,16-17,21H,4-5,10-13H2,1-3H3,(H,22,24);1H. The number of rotatable bonds is 3. The first kappa shape index (κ1) is 22.1. The minimum Gasteiger partial charge on any atom is -0.350 e. The molecule has 2 aliphatic rings.